The van der Waals surface area contributed by atoms with Gasteiger partial charge in [0.05, 0.1) is 0 Å². The first-order valence-corrected chi connectivity index (χ1v) is 6.04. The van der Waals surface area contributed by atoms with Crippen LogP contribution in [0, 0.1) is 0 Å². The summed E-state index contributed by atoms with van der Waals surface area (Å²) in [5.41, 5.74) is 5.85. The fourth-order valence-electron chi connectivity index (χ4n) is 1.90. The van der Waals surface area contributed by atoms with Crippen molar-refractivity contribution >= 4 is 11.7 Å². The van der Waals surface area contributed by atoms with Gasteiger partial charge in [-0.25, -0.2) is 0 Å². The highest BCUT2D eigenvalue weighted by Gasteiger charge is 2.27. The number of amides is 1. The molecule has 0 spiro atoms. The van der Waals surface area contributed by atoms with Gasteiger partial charge in [0, 0.05) is 25.2 Å². The fraction of sp³-hybridized carbons (Fsp3) is 0.636. The molecule has 0 bridgehead atoms. The van der Waals surface area contributed by atoms with Crippen LogP contribution in [0.3, 0.4) is 0 Å². The van der Waals surface area contributed by atoms with Gasteiger partial charge in [-0.1, -0.05) is 6.92 Å². The zero-order chi connectivity index (χ0) is 12.3. The molecule has 1 saturated carbocycles. The number of aromatic nitrogens is 2. The predicted molar refractivity (Wildman–Crippen MR) is 65.6 cm³/mol. The molecule has 1 aromatic rings. The van der Waals surface area contributed by atoms with Crippen molar-refractivity contribution < 1.29 is 4.79 Å². The standard InChI is InChI=1S/C11H19N5O/c1-2-16(8-3-4-8)6-5-13-11(17)9-7-10(12)15-14-9/h7-8H,2-6H2,1H3,(H,13,17)(H3,12,14,15). The topological polar surface area (TPSA) is 87.0 Å². The molecule has 1 heterocycles. The lowest BCUT2D eigenvalue weighted by Gasteiger charge is -2.19. The molecule has 4 N–H and O–H groups in total. The Bertz CT molecular complexity index is 385. The Morgan fingerprint density at radius 1 is 1.71 bits per heavy atom. The van der Waals surface area contributed by atoms with Crippen LogP contribution in [0.25, 0.3) is 0 Å². The summed E-state index contributed by atoms with van der Waals surface area (Å²) in [5, 5.41) is 9.16. The molecule has 1 aromatic heterocycles. The maximum absolute atomic E-state index is 11.7. The van der Waals surface area contributed by atoms with E-state index in [-0.39, 0.29) is 5.91 Å². The van der Waals surface area contributed by atoms with Crippen molar-refractivity contribution in [1.29, 1.82) is 0 Å². The third-order valence-electron chi connectivity index (χ3n) is 3.00. The van der Waals surface area contributed by atoms with Crippen molar-refractivity contribution in [2.24, 2.45) is 0 Å². The van der Waals surface area contributed by atoms with Crippen LogP contribution in [0.15, 0.2) is 6.07 Å². The van der Waals surface area contributed by atoms with E-state index in [4.69, 9.17) is 5.73 Å². The maximum Gasteiger partial charge on any atom is 0.269 e. The number of nitrogens with one attached hydrogen (secondary N) is 2. The fourth-order valence-corrected chi connectivity index (χ4v) is 1.90. The van der Waals surface area contributed by atoms with Crippen LogP contribution < -0.4 is 11.1 Å². The van der Waals surface area contributed by atoms with Gasteiger partial charge in [0.15, 0.2) is 0 Å². The van der Waals surface area contributed by atoms with Crippen LogP contribution in [-0.2, 0) is 0 Å². The summed E-state index contributed by atoms with van der Waals surface area (Å²) < 4.78 is 0. The summed E-state index contributed by atoms with van der Waals surface area (Å²) in [4.78, 5) is 14.0. The third kappa shape index (κ3) is 3.20. The number of anilines is 1. The van der Waals surface area contributed by atoms with Crippen LogP contribution in [0.4, 0.5) is 5.82 Å². The lowest BCUT2D eigenvalue weighted by Crippen LogP contribution is -2.36. The molecule has 17 heavy (non-hydrogen) atoms. The molecule has 0 aliphatic heterocycles. The quantitative estimate of drug-likeness (QED) is 0.660. The number of nitrogen functional groups attached to an aromatic ring is 1. The van der Waals surface area contributed by atoms with Crippen LogP contribution in [0.1, 0.15) is 30.3 Å². The Labute approximate surface area is 101 Å². The molecule has 94 valence electrons. The first kappa shape index (κ1) is 11.9. The lowest BCUT2D eigenvalue weighted by atomic mass is 10.4. The molecule has 2 rings (SSSR count). The van der Waals surface area contributed by atoms with E-state index in [0.29, 0.717) is 18.1 Å². The van der Waals surface area contributed by atoms with E-state index in [0.717, 1.165) is 19.1 Å². The average Bonchev–Trinajstić information content (AvgIpc) is 3.06. The minimum absolute atomic E-state index is 0.152. The molecule has 1 fully saturated rings. The largest absolute Gasteiger partial charge is 0.382 e. The summed E-state index contributed by atoms with van der Waals surface area (Å²) in [7, 11) is 0. The molecule has 6 heteroatoms. The molecule has 1 aliphatic rings. The molecule has 0 unspecified atom stereocenters. The van der Waals surface area contributed by atoms with Gasteiger partial charge < -0.3 is 11.1 Å². The van der Waals surface area contributed by atoms with Crippen LogP contribution in [0.5, 0.6) is 0 Å². The molecule has 1 amide bonds. The molecule has 0 radical (unpaired) electrons. The zero-order valence-electron chi connectivity index (χ0n) is 10.1. The number of aromatic amines is 1. The summed E-state index contributed by atoms with van der Waals surface area (Å²) >= 11 is 0. The minimum Gasteiger partial charge on any atom is -0.382 e. The van der Waals surface area contributed by atoms with Gasteiger partial charge in [0.25, 0.3) is 5.91 Å². The second-order valence-electron chi connectivity index (χ2n) is 4.32. The first-order valence-electron chi connectivity index (χ1n) is 6.04. The number of hydrogen-bond acceptors (Lipinski definition) is 4. The summed E-state index contributed by atoms with van der Waals surface area (Å²) in [6.07, 6.45) is 2.58. The number of carbonyl (C=O) groups excluding carboxylic acids is 1. The second kappa shape index (κ2) is 5.18. The Morgan fingerprint density at radius 3 is 3.00 bits per heavy atom. The number of H-pyrrole nitrogens is 1. The highest BCUT2D eigenvalue weighted by molar-refractivity contribution is 5.92. The monoisotopic (exact) mass is 237 g/mol. The van der Waals surface area contributed by atoms with Gasteiger partial charge in [-0.05, 0) is 19.4 Å². The zero-order valence-corrected chi connectivity index (χ0v) is 10.1. The molecule has 0 saturated heterocycles. The number of nitrogens with two attached hydrogens (primary N) is 1. The molecule has 1 aliphatic carbocycles. The molecular formula is C11H19N5O. The average molecular weight is 237 g/mol. The number of nitrogens with zero attached hydrogens (tertiary/aromatic N) is 2. The van der Waals surface area contributed by atoms with E-state index >= 15 is 0 Å². The SMILES string of the molecule is CCN(CCNC(=O)c1cc(N)n[nH]1)C1CC1. The van der Waals surface area contributed by atoms with Crippen molar-refractivity contribution in [2.75, 3.05) is 25.4 Å². The van der Waals surface area contributed by atoms with Crippen molar-refractivity contribution in [3.8, 4) is 0 Å². The van der Waals surface area contributed by atoms with Crippen molar-refractivity contribution in [2.45, 2.75) is 25.8 Å². The van der Waals surface area contributed by atoms with E-state index in [1.165, 1.54) is 18.9 Å². The smallest absolute Gasteiger partial charge is 0.269 e. The molecule has 0 atom stereocenters. The van der Waals surface area contributed by atoms with Gasteiger partial charge >= 0.3 is 0 Å². The maximum atomic E-state index is 11.7. The molecular weight excluding hydrogens is 218 g/mol. The minimum atomic E-state index is -0.152. The van der Waals surface area contributed by atoms with E-state index < -0.39 is 0 Å². The molecule has 6 nitrogen and oxygen atoms in total. The van der Waals surface area contributed by atoms with E-state index in [1.807, 2.05) is 0 Å². The molecule has 0 aromatic carbocycles. The van der Waals surface area contributed by atoms with E-state index in [2.05, 4.69) is 27.3 Å². The third-order valence-corrected chi connectivity index (χ3v) is 3.00. The summed E-state index contributed by atoms with van der Waals surface area (Å²) in [6, 6.07) is 2.27. The van der Waals surface area contributed by atoms with Crippen molar-refractivity contribution in [1.82, 2.24) is 20.4 Å². The van der Waals surface area contributed by atoms with Crippen LogP contribution in [0.2, 0.25) is 0 Å². The van der Waals surface area contributed by atoms with Gasteiger partial charge in [-0.3, -0.25) is 14.8 Å². The van der Waals surface area contributed by atoms with Crippen molar-refractivity contribution in [3.63, 3.8) is 0 Å². The van der Waals surface area contributed by atoms with Crippen LogP contribution in [-0.4, -0.2) is 46.7 Å². The highest BCUT2D eigenvalue weighted by Crippen LogP contribution is 2.25. The Kier molecular flexibility index (Phi) is 3.63. The number of carbonyl (C=O) groups is 1. The van der Waals surface area contributed by atoms with Gasteiger partial charge in [-0.2, -0.15) is 5.10 Å². The Balaban J connectivity index is 1.72. The Hall–Kier alpha value is -1.56. The number of rotatable bonds is 6. The van der Waals surface area contributed by atoms with Gasteiger partial charge in [0.2, 0.25) is 0 Å². The Morgan fingerprint density at radius 2 is 2.47 bits per heavy atom. The van der Waals surface area contributed by atoms with E-state index in [9.17, 15) is 4.79 Å². The number of hydrogen-bond donors (Lipinski definition) is 3. The summed E-state index contributed by atoms with van der Waals surface area (Å²) in [5.74, 6) is 0.185. The predicted octanol–water partition coefficient (Wildman–Crippen LogP) is 0.206. The number of likely N-dealkylation sites (N-methyl/N-ethyl adjacent to an activating group) is 1. The van der Waals surface area contributed by atoms with Gasteiger partial charge in [-0.15, -0.1) is 0 Å². The lowest BCUT2D eigenvalue weighted by molar-refractivity contribution is 0.0943. The van der Waals surface area contributed by atoms with Gasteiger partial charge in [0.1, 0.15) is 11.5 Å². The normalized spacial score (nSPS) is 15.2. The van der Waals surface area contributed by atoms with E-state index in [1.54, 1.807) is 0 Å². The summed E-state index contributed by atoms with van der Waals surface area (Å²) in [6.45, 7) is 4.74. The second-order valence-corrected chi connectivity index (χ2v) is 4.32. The first-order chi connectivity index (χ1) is 8.20. The highest BCUT2D eigenvalue weighted by atomic mass is 16.1. The van der Waals surface area contributed by atoms with Crippen molar-refractivity contribution in [3.05, 3.63) is 11.8 Å². The van der Waals surface area contributed by atoms with Crippen LogP contribution >= 0.6 is 0 Å².